The molecule has 0 atom stereocenters. The van der Waals surface area contributed by atoms with Crippen LogP contribution in [0.15, 0.2) is 47.2 Å². The van der Waals surface area contributed by atoms with Crippen LogP contribution in [0.5, 0.6) is 11.5 Å². The molecule has 4 aromatic rings. The van der Waals surface area contributed by atoms with E-state index in [0.717, 1.165) is 27.1 Å². The van der Waals surface area contributed by atoms with Gasteiger partial charge in [0.05, 0.1) is 38.8 Å². The number of imidazole rings is 1. The normalized spacial score (nSPS) is 11.8. The monoisotopic (exact) mass is 523 g/mol. The van der Waals surface area contributed by atoms with Crippen LogP contribution in [0, 0.1) is 0 Å². The van der Waals surface area contributed by atoms with Crippen molar-refractivity contribution in [2.45, 2.75) is 19.9 Å². The highest BCUT2D eigenvalue weighted by Crippen LogP contribution is 2.35. The first-order valence-corrected chi connectivity index (χ1v) is 11.5. The average Bonchev–Trinajstić information content (AvgIpc) is 3.40. The van der Waals surface area contributed by atoms with Gasteiger partial charge in [-0.25, -0.2) is 9.78 Å². The summed E-state index contributed by atoms with van der Waals surface area (Å²) in [5, 5.41) is 9.04. The van der Waals surface area contributed by atoms with Gasteiger partial charge in [-0.05, 0) is 42.8 Å². The molecular weight excluding hydrogens is 502 g/mol. The zero-order valence-electron chi connectivity index (χ0n) is 18.9. The minimum Gasteiger partial charge on any atom is -0.493 e. The summed E-state index contributed by atoms with van der Waals surface area (Å²) in [6.07, 6.45) is 2.17. The standard InChI is InChI=1S/C24H22BrN5O4/c1-4-34-24(31)22-18-12-29-21(10-14-5-8-19(32-2)20(9-14)33-3)27-28-23(29)16-11-15(25)6-7-17(16)30(18)13-26-22/h5-9,11,13H,4,10,12H2,1-3H3. The van der Waals surface area contributed by atoms with E-state index in [1.54, 1.807) is 27.5 Å². The number of nitrogens with zero attached hydrogens (tertiary/aromatic N) is 5. The number of carbonyl (C=O) groups excluding carboxylic acids is 1. The Kier molecular flexibility index (Phi) is 5.82. The van der Waals surface area contributed by atoms with Gasteiger partial charge in [0, 0.05) is 16.5 Å². The third-order valence-corrected chi connectivity index (χ3v) is 6.23. The molecule has 0 N–H and O–H groups in total. The molecule has 2 aromatic carbocycles. The Morgan fingerprint density at radius 3 is 2.68 bits per heavy atom. The highest BCUT2D eigenvalue weighted by atomic mass is 79.9. The molecule has 34 heavy (non-hydrogen) atoms. The van der Waals surface area contributed by atoms with Crippen molar-refractivity contribution in [2.24, 2.45) is 0 Å². The van der Waals surface area contributed by atoms with Crippen LogP contribution in [-0.4, -0.2) is 51.1 Å². The maximum atomic E-state index is 12.6. The van der Waals surface area contributed by atoms with E-state index >= 15 is 0 Å². The van der Waals surface area contributed by atoms with Crippen LogP contribution in [0.25, 0.3) is 17.1 Å². The number of rotatable bonds is 6. The summed E-state index contributed by atoms with van der Waals surface area (Å²) >= 11 is 3.56. The van der Waals surface area contributed by atoms with Gasteiger partial charge in [0.25, 0.3) is 0 Å². The summed E-state index contributed by atoms with van der Waals surface area (Å²) in [6, 6.07) is 11.7. The number of halogens is 1. The van der Waals surface area contributed by atoms with Crippen LogP contribution in [0.2, 0.25) is 0 Å². The molecule has 0 fully saturated rings. The van der Waals surface area contributed by atoms with E-state index in [4.69, 9.17) is 14.2 Å². The maximum Gasteiger partial charge on any atom is 0.358 e. The molecule has 9 nitrogen and oxygen atoms in total. The molecular formula is C24H22BrN5O4. The summed E-state index contributed by atoms with van der Waals surface area (Å²) in [6.45, 7) is 2.42. The van der Waals surface area contributed by atoms with E-state index in [-0.39, 0.29) is 12.3 Å². The predicted molar refractivity (Wildman–Crippen MR) is 128 cm³/mol. The van der Waals surface area contributed by atoms with Crippen molar-refractivity contribution in [3.63, 3.8) is 0 Å². The Labute approximate surface area is 204 Å². The van der Waals surface area contributed by atoms with Gasteiger partial charge in [-0.15, -0.1) is 10.2 Å². The summed E-state index contributed by atoms with van der Waals surface area (Å²) in [5.74, 6) is 2.32. The zero-order chi connectivity index (χ0) is 23.8. The first kappa shape index (κ1) is 22.1. The van der Waals surface area contributed by atoms with Gasteiger partial charge in [-0.2, -0.15) is 0 Å². The van der Waals surface area contributed by atoms with Crippen molar-refractivity contribution in [3.8, 4) is 28.6 Å². The quantitative estimate of drug-likeness (QED) is 0.310. The molecule has 0 amide bonds. The van der Waals surface area contributed by atoms with E-state index in [1.165, 1.54) is 0 Å². The number of hydrogen-bond acceptors (Lipinski definition) is 7. The molecule has 0 aliphatic carbocycles. The molecule has 5 rings (SSSR count). The number of benzene rings is 2. The third kappa shape index (κ3) is 3.73. The number of hydrogen-bond donors (Lipinski definition) is 0. The smallest absolute Gasteiger partial charge is 0.358 e. The second-order valence-electron chi connectivity index (χ2n) is 7.68. The first-order chi connectivity index (χ1) is 16.5. The Balaban J connectivity index is 1.64. The van der Waals surface area contributed by atoms with Crippen molar-refractivity contribution in [3.05, 3.63) is 70.0 Å². The minimum absolute atomic E-state index is 0.275. The largest absolute Gasteiger partial charge is 0.493 e. The number of aromatic nitrogens is 5. The zero-order valence-corrected chi connectivity index (χ0v) is 20.5. The lowest BCUT2D eigenvalue weighted by Gasteiger charge is -2.11. The molecule has 0 saturated carbocycles. The highest BCUT2D eigenvalue weighted by molar-refractivity contribution is 9.10. The van der Waals surface area contributed by atoms with Crippen LogP contribution in [0.1, 0.15) is 34.5 Å². The van der Waals surface area contributed by atoms with Gasteiger partial charge >= 0.3 is 5.97 Å². The average molecular weight is 524 g/mol. The molecule has 3 heterocycles. The number of carbonyl (C=O) groups is 1. The fourth-order valence-corrected chi connectivity index (χ4v) is 4.52. The molecule has 174 valence electrons. The van der Waals surface area contributed by atoms with E-state index in [0.29, 0.717) is 36.0 Å². The van der Waals surface area contributed by atoms with E-state index in [9.17, 15) is 4.79 Å². The Morgan fingerprint density at radius 1 is 1.09 bits per heavy atom. The highest BCUT2D eigenvalue weighted by Gasteiger charge is 2.28. The fraction of sp³-hybridized carbons (Fsp3) is 0.250. The summed E-state index contributed by atoms with van der Waals surface area (Å²) in [7, 11) is 3.22. The van der Waals surface area contributed by atoms with E-state index in [1.807, 2.05) is 45.5 Å². The fourth-order valence-electron chi connectivity index (χ4n) is 4.15. The number of esters is 1. The van der Waals surface area contributed by atoms with Crippen molar-refractivity contribution in [1.29, 1.82) is 0 Å². The lowest BCUT2D eigenvalue weighted by atomic mass is 10.1. The number of fused-ring (bicyclic) bond motifs is 5. The van der Waals surface area contributed by atoms with Gasteiger partial charge < -0.3 is 18.8 Å². The lowest BCUT2D eigenvalue weighted by molar-refractivity contribution is 0.0518. The maximum absolute atomic E-state index is 12.6. The SMILES string of the molecule is CCOC(=O)c1ncn2c1Cn1c(Cc3ccc(OC)c(OC)c3)nnc1-c1cc(Br)ccc1-2. The Morgan fingerprint density at radius 2 is 1.91 bits per heavy atom. The van der Waals surface area contributed by atoms with Crippen LogP contribution in [0.4, 0.5) is 0 Å². The van der Waals surface area contributed by atoms with Crippen molar-refractivity contribution >= 4 is 21.9 Å². The summed E-state index contributed by atoms with van der Waals surface area (Å²) in [4.78, 5) is 17.0. The molecule has 10 heteroatoms. The van der Waals surface area contributed by atoms with Crippen LogP contribution >= 0.6 is 15.9 Å². The molecule has 1 aliphatic rings. The topological polar surface area (TPSA) is 93.3 Å². The van der Waals surface area contributed by atoms with Crippen molar-refractivity contribution in [2.75, 3.05) is 20.8 Å². The summed E-state index contributed by atoms with van der Waals surface area (Å²) < 4.78 is 20.9. The molecule has 0 saturated heterocycles. The Bertz CT molecular complexity index is 1390. The van der Waals surface area contributed by atoms with E-state index < -0.39 is 5.97 Å². The first-order valence-electron chi connectivity index (χ1n) is 10.7. The number of ether oxygens (including phenoxy) is 3. The second-order valence-corrected chi connectivity index (χ2v) is 8.60. The predicted octanol–water partition coefficient (Wildman–Crippen LogP) is 4.04. The summed E-state index contributed by atoms with van der Waals surface area (Å²) in [5.41, 5.74) is 3.74. The van der Waals surface area contributed by atoms with Crippen molar-refractivity contribution in [1.82, 2.24) is 24.3 Å². The molecule has 0 bridgehead atoms. The molecule has 0 spiro atoms. The number of methoxy groups -OCH3 is 2. The van der Waals surface area contributed by atoms with Gasteiger partial charge in [0.1, 0.15) is 12.2 Å². The Hall–Kier alpha value is -3.66. The molecule has 0 unspecified atom stereocenters. The van der Waals surface area contributed by atoms with Crippen LogP contribution in [0.3, 0.4) is 0 Å². The van der Waals surface area contributed by atoms with Crippen LogP contribution < -0.4 is 9.47 Å². The minimum atomic E-state index is -0.451. The lowest BCUT2D eigenvalue weighted by Crippen LogP contribution is -2.14. The second kappa shape index (κ2) is 8.94. The van der Waals surface area contributed by atoms with Crippen LogP contribution in [-0.2, 0) is 17.7 Å². The van der Waals surface area contributed by atoms with Crippen molar-refractivity contribution < 1.29 is 19.0 Å². The van der Waals surface area contributed by atoms with Gasteiger partial charge in [-0.3, -0.25) is 4.57 Å². The molecule has 1 aliphatic heterocycles. The molecule has 2 aromatic heterocycles. The third-order valence-electron chi connectivity index (χ3n) is 5.74. The van der Waals surface area contributed by atoms with Gasteiger partial charge in [0.15, 0.2) is 23.0 Å². The van der Waals surface area contributed by atoms with Gasteiger partial charge in [0.2, 0.25) is 0 Å². The van der Waals surface area contributed by atoms with Gasteiger partial charge in [-0.1, -0.05) is 22.0 Å². The van der Waals surface area contributed by atoms with E-state index in [2.05, 4.69) is 31.1 Å². The molecule has 0 radical (unpaired) electrons.